The van der Waals surface area contributed by atoms with E-state index in [4.69, 9.17) is 16.3 Å². The van der Waals surface area contributed by atoms with Gasteiger partial charge in [-0.15, -0.1) is 28.5 Å². The van der Waals surface area contributed by atoms with Gasteiger partial charge in [-0.25, -0.2) is 0 Å². The van der Waals surface area contributed by atoms with Crippen LogP contribution in [-0.2, 0) is 16.1 Å². The Bertz CT molecular complexity index is 728. The molecule has 1 aromatic heterocycles. The van der Waals surface area contributed by atoms with E-state index in [-0.39, 0.29) is 11.9 Å². The molecule has 12 heteroatoms. The molecular formula is C21H36ClN5O5S. The number of alkyl halides is 1. The maximum atomic E-state index is 13.1. The first kappa shape index (κ1) is 26.7. The van der Waals surface area contributed by atoms with E-state index in [0.29, 0.717) is 12.3 Å². The van der Waals surface area contributed by atoms with Crippen molar-refractivity contribution in [2.75, 3.05) is 12.8 Å². The van der Waals surface area contributed by atoms with Crippen LogP contribution in [-0.4, -0.2) is 96.3 Å². The molecule has 0 spiro atoms. The SMILES string of the molecule is CSC1OC(C(NC(=O)C2CCC(CCCn3ccnn3)CCN2)C(C)Cl)C(O)C(O)C1O. The Labute approximate surface area is 203 Å². The molecule has 0 radical (unpaired) electrons. The van der Waals surface area contributed by atoms with Crippen molar-refractivity contribution in [3.8, 4) is 0 Å². The van der Waals surface area contributed by atoms with E-state index in [2.05, 4.69) is 20.9 Å². The normalized spacial score (nSPS) is 34.9. The largest absolute Gasteiger partial charge is 0.388 e. The summed E-state index contributed by atoms with van der Waals surface area (Å²) in [4.78, 5) is 13.1. The molecule has 9 unspecified atom stereocenters. The summed E-state index contributed by atoms with van der Waals surface area (Å²) in [6.45, 7) is 3.29. The van der Waals surface area contributed by atoms with Crippen LogP contribution in [0.15, 0.2) is 12.4 Å². The third-order valence-electron chi connectivity index (χ3n) is 6.59. The van der Waals surface area contributed by atoms with Crippen molar-refractivity contribution in [2.24, 2.45) is 5.92 Å². The number of aliphatic hydroxyl groups excluding tert-OH is 3. The van der Waals surface area contributed by atoms with Crippen molar-refractivity contribution in [3.63, 3.8) is 0 Å². The molecule has 33 heavy (non-hydrogen) atoms. The van der Waals surface area contributed by atoms with E-state index < -0.39 is 41.3 Å². The fraction of sp³-hybridized carbons (Fsp3) is 0.857. The maximum Gasteiger partial charge on any atom is 0.237 e. The molecule has 0 saturated carbocycles. The Morgan fingerprint density at radius 2 is 2.09 bits per heavy atom. The minimum Gasteiger partial charge on any atom is -0.388 e. The zero-order chi connectivity index (χ0) is 24.0. The van der Waals surface area contributed by atoms with E-state index >= 15 is 0 Å². The zero-order valence-electron chi connectivity index (χ0n) is 19.1. The van der Waals surface area contributed by atoms with E-state index in [1.807, 2.05) is 10.9 Å². The number of carbonyl (C=O) groups excluding carboxylic acids is 1. The fourth-order valence-corrected chi connectivity index (χ4v) is 5.49. The Balaban J connectivity index is 1.53. The van der Waals surface area contributed by atoms with Gasteiger partial charge >= 0.3 is 0 Å². The lowest BCUT2D eigenvalue weighted by molar-refractivity contribution is -0.205. The summed E-state index contributed by atoms with van der Waals surface area (Å²) in [5.74, 6) is 0.330. The summed E-state index contributed by atoms with van der Waals surface area (Å²) < 4.78 is 7.66. The molecule has 0 aromatic carbocycles. The average Bonchev–Trinajstić information content (AvgIpc) is 3.20. The van der Waals surface area contributed by atoms with Crippen LogP contribution in [0, 0.1) is 5.92 Å². The van der Waals surface area contributed by atoms with Gasteiger partial charge < -0.3 is 30.7 Å². The molecule has 10 nitrogen and oxygen atoms in total. The molecule has 3 rings (SSSR count). The lowest BCUT2D eigenvalue weighted by atomic mass is 9.92. The van der Waals surface area contributed by atoms with Crippen LogP contribution in [0.1, 0.15) is 39.0 Å². The second kappa shape index (κ2) is 12.7. The third kappa shape index (κ3) is 7.03. The molecule has 3 heterocycles. The second-order valence-electron chi connectivity index (χ2n) is 8.94. The molecule has 2 saturated heterocycles. The summed E-state index contributed by atoms with van der Waals surface area (Å²) in [6, 6.07) is -1.09. The third-order valence-corrected chi connectivity index (χ3v) is 7.72. The predicted molar refractivity (Wildman–Crippen MR) is 126 cm³/mol. The molecule has 2 fully saturated rings. The van der Waals surface area contributed by atoms with E-state index in [1.165, 1.54) is 11.8 Å². The molecule has 0 aliphatic carbocycles. The van der Waals surface area contributed by atoms with Gasteiger partial charge in [0.2, 0.25) is 5.91 Å². The van der Waals surface area contributed by atoms with E-state index in [1.54, 1.807) is 19.4 Å². The van der Waals surface area contributed by atoms with Crippen LogP contribution in [0.3, 0.4) is 0 Å². The van der Waals surface area contributed by atoms with Crippen LogP contribution >= 0.6 is 23.4 Å². The van der Waals surface area contributed by atoms with Crippen LogP contribution in [0.5, 0.6) is 0 Å². The van der Waals surface area contributed by atoms with Crippen molar-refractivity contribution in [1.29, 1.82) is 0 Å². The predicted octanol–water partition coefficient (Wildman–Crippen LogP) is 0.0993. The molecule has 5 N–H and O–H groups in total. The molecule has 9 atom stereocenters. The van der Waals surface area contributed by atoms with Crippen molar-refractivity contribution in [2.45, 2.75) is 92.9 Å². The molecular weight excluding hydrogens is 470 g/mol. The number of carbonyl (C=O) groups is 1. The minimum atomic E-state index is -1.38. The summed E-state index contributed by atoms with van der Waals surface area (Å²) in [7, 11) is 0. The summed E-state index contributed by atoms with van der Waals surface area (Å²) in [5, 5.41) is 44.4. The van der Waals surface area contributed by atoms with Crippen molar-refractivity contribution in [1.82, 2.24) is 25.6 Å². The number of thioether (sulfide) groups is 1. The highest BCUT2D eigenvalue weighted by molar-refractivity contribution is 7.99. The highest BCUT2D eigenvalue weighted by atomic mass is 35.5. The topological polar surface area (TPSA) is 142 Å². The molecule has 2 aliphatic rings. The van der Waals surface area contributed by atoms with Gasteiger partial charge in [0.1, 0.15) is 29.9 Å². The number of nitrogens with one attached hydrogen (secondary N) is 2. The van der Waals surface area contributed by atoms with Crippen LogP contribution in [0.25, 0.3) is 0 Å². The van der Waals surface area contributed by atoms with E-state index in [0.717, 1.165) is 38.8 Å². The summed E-state index contributed by atoms with van der Waals surface area (Å²) in [6.07, 6.45) is 5.08. The summed E-state index contributed by atoms with van der Waals surface area (Å²) >= 11 is 7.59. The number of aliphatic hydroxyl groups is 3. The number of hydrogen-bond acceptors (Lipinski definition) is 9. The number of hydrogen-bond donors (Lipinski definition) is 5. The number of aryl methyl sites for hydroxylation is 1. The lowest BCUT2D eigenvalue weighted by Crippen LogP contribution is -2.65. The maximum absolute atomic E-state index is 13.1. The van der Waals surface area contributed by atoms with Gasteiger partial charge in [-0.2, -0.15) is 0 Å². The first-order valence-electron chi connectivity index (χ1n) is 11.6. The van der Waals surface area contributed by atoms with Gasteiger partial charge in [-0.3, -0.25) is 9.48 Å². The van der Waals surface area contributed by atoms with Gasteiger partial charge in [0.05, 0.1) is 23.7 Å². The lowest BCUT2D eigenvalue weighted by Gasteiger charge is -2.44. The Kier molecular flexibility index (Phi) is 10.2. The molecule has 188 valence electrons. The molecule has 1 aromatic rings. The van der Waals surface area contributed by atoms with Crippen LogP contribution in [0.4, 0.5) is 0 Å². The Hall–Kier alpha value is -0.950. The molecule has 0 bridgehead atoms. The zero-order valence-corrected chi connectivity index (χ0v) is 20.7. The first-order chi connectivity index (χ1) is 15.8. The molecule has 1 amide bonds. The summed E-state index contributed by atoms with van der Waals surface area (Å²) in [5.41, 5.74) is -0.725. The van der Waals surface area contributed by atoms with Crippen LogP contribution in [0.2, 0.25) is 0 Å². The second-order valence-corrected chi connectivity index (χ2v) is 10.6. The standard InChI is InChI=1S/C21H36ClN5O5S/c1-12(22)15(19-17(29)16(28)18(30)21(32-19)33-2)25-20(31)14-6-5-13(7-8-23-14)4-3-10-27-11-9-24-26-27/h9,11-19,21,23,28-30H,3-8,10H2,1-2H3,(H,25,31). The number of ether oxygens (including phenoxy) is 1. The van der Waals surface area contributed by atoms with E-state index in [9.17, 15) is 20.1 Å². The Morgan fingerprint density at radius 1 is 1.30 bits per heavy atom. The highest BCUT2D eigenvalue weighted by Crippen LogP contribution is 2.30. The van der Waals surface area contributed by atoms with Gasteiger partial charge in [-0.1, -0.05) is 5.21 Å². The minimum absolute atomic E-state index is 0.201. The first-order valence-corrected chi connectivity index (χ1v) is 13.3. The van der Waals surface area contributed by atoms with Crippen molar-refractivity contribution >= 4 is 29.3 Å². The fourth-order valence-electron chi connectivity index (χ4n) is 4.61. The van der Waals surface area contributed by atoms with Gasteiger partial charge in [0.15, 0.2) is 0 Å². The smallest absolute Gasteiger partial charge is 0.237 e. The number of aromatic nitrogens is 3. The number of nitrogens with zero attached hydrogens (tertiary/aromatic N) is 3. The number of rotatable bonds is 9. The van der Waals surface area contributed by atoms with Gasteiger partial charge in [0, 0.05) is 12.7 Å². The van der Waals surface area contributed by atoms with Crippen molar-refractivity contribution < 1.29 is 24.9 Å². The monoisotopic (exact) mass is 505 g/mol. The van der Waals surface area contributed by atoms with Gasteiger partial charge in [0.25, 0.3) is 0 Å². The quantitative estimate of drug-likeness (QED) is 0.295. The Morgan fingerprint density at radius 3 is 2.76 bits per heavy atom. The number of amides is 1. The number of halogens is 1. The molecule has 2 aliphatic heterocycles. The average molecular weight is 506 g/mol. The van der Waals surface area contributed by atoms with Crippen molar-refractivity contribution in [3.05, 3.63) is 12.4 Å². The van der Waals surface area contributed by atoms with Crippen LogP contribution < -0.4 is 10.6 Å². The highest BCUT2D eigenvalue weighted by Gasteiger charge is 2.48. The van der Waals surface area contributed by atoms with Gasteiger partial charge in [-0.05, 0) is 57.7 Å².